The Hall–Kier alpha value is -4.07. The zero-order chi connectivity index (χ0) is 24.2. The largest absolute Gasteiger partial charge is 0.481 e. The van der Waals surface area contributed by atoms with E-state index in [0.29, 0.717) is 11.2 Å². The summed E-state index contributed by atoms with van der Waals surface area (Å²) in [5.41, 5.74) is 3.23. The van der Waals surface area contributed by atoms with E-state index in [-0.39, 0.29) is 12.0 Å². The van der Waals surface area contributed by atoms with E-state index in [1.807, 2.05) is 69.3 Å². The summed E-state index contributed by atoms with van der Waals surface area (Å²) in [6.07, 6.45) is 1.49. The van der Waals surface area contributed by atoms with E-state index in [1.165, 1.54) is 0 Å². The number of amides is 1. The number of hydrogen-bond donors (Lipinski definition) is 4. The topological polar surface area (TPSA) is 124 Å². The van der Waals surface area contributed by atoms with Gasteiger partial charge in [-0.2, -0.15) is 0 Å². The summed E-state index contributed by atoms with van der Waals surface area (Å²) in [6, 6.07) is 15.3. The number of hydrogen-bond acceptors (Lipinski definition) is 4. The lowest BCUT2D eigenvalue weighted by atomic mass is 10.0. The van der Waals surface area contributed by atoms with Gasteiger partial charge in [0.2, 0.25) is 0 Å². The van der Waals surface area contributed by atoms with Crippen molar-refractivity contribution in [1.29, 1.82) is 0 Å². The fraction of sp³-hybridized carbons (Fsp3) is 0.240. The van der Waals surface area contributed by atoms with Gasteiger partial charge in [-0.25, -0.2) is 4.79 Å². The standard InChI is InChI=1S/C22H21N3O3.C3H6O2/c1-22(2,3)28-21(27)24-15-6-4-5-13(11-15)14-7-8-18-17(12-14)16-9-10-23-19(16)20(26)25-18;1-2-3(4)5/h4-12,23H,1-3H3,(H,24,27)(H,25,26);2H2,1H3,(H,4,5). The molecule has 4 aromatic rings. The number of fused-ring (bicyclic) bond motifs is 3. The van der Waals surface area contributed by atoms with E-state index < -0.39 is 17.7 Å². The molecule has 0 saturated carbocycles. The highest BCUT2D eigenvalue weighted by atomic mass is 16.6. The van der Waals surface area contributed by atoms with Crippen molar-refractivity contribution in [2.45, 2.75) is 39.7 Å². The van der Waals surface area contributed by atoms with Gasteiger partial charge in [0.1, 0.15) is 11.1 Å². The van der Waals surface area contributed by atoms with Crippen LogP contribution in [0.5, 0.6) is 0 Å². The summed E-state index contributed by atoms with van der Waals surface area (Å²) in [5.74, 6) is -0.745. The molecule has 0 bridgehead atoms. The number of benzene rings is 2. The molecule has 0 fully saturated rings. The van der Waals surface area contributed by atoms with E-state index in [1.54, 1.807) is 13.1 Å². The molecule has 8 nitrogen and oxygen atoms in total. The van der Waals surface area contributed by atoms with Crippen LogP contribution in [0.2, 0.25) is 0 Å². The van der Waals surface area contributed by atoms with Gasteiger partial charge >= 0.3 is 12.1 Å². The first-order valence-corrected chi connectivity index (χ1v) is 10.5. The molecule has 0 spiro atoms. The smallest absolute Gasteiger partial charge is 0.412 e. The van der Waals surface area contributed by atoms with Crippen LogP contribution in [0.15, 0.2) is 59.5 Å². The number of ether oxygens (including phenoxy) is 1. The highest BCUT2D eigenvalue weighted by molar-refractivity contribution is 6.05. The molecule has 0 atom stereocenters. The minimum Gasteiger partial charge on any atom is -0.481 e. The van der Waals surface area contributed by atoms with Gasteiger partial charge in [-0.15, -0.1) is 0 Å². The number of aromatic nitrogens is 2. The zero-order valence-corrected chi connectivity index (χ0v) is 19.0. The van der Waals surface area contributed by atoms with Crippen LogP contribution < -0.4 is 10.9 Å². The van der Waals surface area contributed by atoms with Gasteiger partial charge in [-0.05, 0) is 62.2 Å². The zero-order valence-electron chi connectivity index (χ0n) is 19.0. The van der Waals surface area contributed by atoms with E-state index >= 15 is 0 Å². The van der Waals surface area contributed by atoms with Gasteiger partial charge in [0.25, 0.3) is 5.56 Å². The molecule has 0 unspecified atom stereocenters. The molecule has 8 heteroatoms. The Bertz CT molecular complexity index is 1360. The number of pyridine rings is 1. The lowest BCUT2D eigenvalue weighted by Crippen LogP contribution is -2.27. The molecular weight excluding hydrogens is 422 g/mol. The second-order valence-corrected chi connectivity index (χ2v) is 8.44. The van der Waals surface area contributed by atoms with E-state index in [0.717, 1.165) is 27.4 Å². The maximum Gasteiger partial charge on any atom is 0.412 e. The quantitative estimate of drug-likeness (QED) is 0.328. The van der Waals surface area contributed by atoms with Crippen LogP contribution in [0.4, 0.5) is 10.5 Å². The Labute approximate surface area is 190 Å². The van der Waals surface area contributed by atoms with E-state index in [9.17, 15) is 14.4 Å². The molecule has 2 heterocycles. The highest BCUT2D eigenvalue weighted by Gasteiger charge is 2.16. The number of nitrogens with one attached hydrogen (secondary N) is 3. The van der Waals surface area contributed by atoms with E-state index in [4.69, 9.17) is 9.84 Å². The molecule has 0 aliphatic carbocycles. The number of aromatic amines is 2. The van der Waals surface area contributed by atoms with Crippen molar-refractivity contribution in [1.82, 2.24) is 9.97 Å². The number of anilines is 1. The molecule has 33 heavy (non-hydrogen) atoms. The molecule has 0 aliphatic rings. The first-order chi connectivity index (χ1) is 15.6. The van der Waals surface area contributed by atoms with Crippen LogP contribution in [0.1, 0.15) is 34.1 Å². The predicted octanol–water partition coefficient (Wildman–Crippen LogP) is 5.50. The van der Waals surface area contributed by atoms with Crippen LogP contribution in [-0.2, 0) is 9.53 Å². The Morgan fingerprint density at radius 2 is 1.73 bits per heavy atom. The van der Waals surface area contributed by atoms with Crippen molar-refractivity contribution in [3.8, 4) is 11.1 Å². The summed E-state index contributed by atoms with van der Waals surface area (Å²) in [6.45, 7) is 7.07. The Morgan fingerprint density at radius 1 is 1.03 bits per heavy atom. The van der Waals surface area contributed by atoms with Gasteiger partial charge in [0, 0.05) is 34.6 Å². The first kappa shape index (κ1) is 23.6. The van der Waals surface area contributed by atoms with Crippen molar-refractivity contribution < 1.29 is 19.4 Å². The second kappa shape index (κ2) is 9.60. The number of carboxylic acid groups (broad SMARTS) is 1. The molecule has 0 saturated heterocycles. The number of rotatable bonds is 3. The molecule has 2 aromatic carbocycles. The van der Waals surface area contributed by atoms with Gasteiger partial charge in [0.15, 0.2) is 0 Å². The maximum atomic E-state index is 12.1. The fourth-order valence-corrected chi connectivity index (χ4v) is 3.22. The van der Waals surface area contributed by atoms with Crippen molar-refractivity contribution in [2.24, 2.45) is 0 Å². The van der Waals surface area contributed by atoms with Crippen LogP contribution in [0.25, 0.3) is 32.9 Å². The fourth-order valence-electron chi connectivity index (χ4n) is 3.22. The monoisotopic (exact) mass is 449 g/mol. The number of carbonyl (C=O) groups excluding carboxylic acids is 1. The summed E-state index contributed by atoms with van der Waals surface area (Å²) >= 11 is 0. The SMILES string of the molecule is CC(C)(C)OC(=O)Nc1cccc(-c2ccc3[nH]c(=O)c4[nH]ccc4c3c2)c1.CCC(=O)O. The Kier molecular flexibility index (Phi) is 6.86. The summed E-state index contributed by atoms with van der Waals surface area (Å²) in [7, 11) is 0. The number of carbonyl (C=O) groups is 2. The molecule has 2 aromatic heterocycles. The number of H-pyrrole nitrogens is 2. The van der Waals surface area contributed by atoms with Crippen LogP contribution in [0.3, 0.4) is 0 Å². The third-order valence-corrected chi connectivity index (χ3v) is 4.68. The van der Waals surface area contributed by atoms with Crippen molar-refractivity contribution in [3.05, 3.63) is 65.1 Å². The molecule has 4 rings (SSSR count). The maximum absolute atomic E-state index is 12.1. The lowest BCUT2D eigenvalue weighted by Gasteiger charge is -2.19. The molecule has 1 amide bonds. The lowest BCUT2D eigenvalue weighted by molar-refractivity contribution is -0.136. The van der Waals surface area contributed by atoms with E-state index in [2.05, 4.69) is 15.3 Å². The molecule has 4 N–H and O–H groups in total. The highest BCUT2D eigenvalue weighted by Crippen LogP contribution is 2.28. The van der Waals surface area contributed by atoms with Gasteiger partial charge in [-0.1, -0.05) is 25.1 Å². The summed E-state index contributed by atoms with van der Waals surface area (Å²) in [5, 5.41) is 12.3. The molecule has 0 aliphatic heterocycles. The average molecular weight is 450 g/mol. The van der Waals surface area contributed by atoms with Crippen molar-refractivity contribution >= 4 is 39.6 Å². The second-order valence-electron chi connectivity index (χ2n) is 8.44. The molecule has 0 radical (unpaired) electrons. The third-order valence-electron chi connectivity index (χ3n) is 4.68. The average Bonchev–Trinajstić information content (AvgIpc) is 3.24. The molecule has 172 valence electrons. The van der Waals surface area contributed by atoms with Crippen LogP contribution >= 0.6 is 0 Å². The van der Waals surface area contributed by atoms with Crippen LogP contribution in [-0.4, -0.2) is 32.7 Å². The minimum absolute atomic E-state index is 0.135. The molecular formula is C25H27N3O5. The third kappa shape index (κ3) is 6.00. The van der Waals surface area contributed by atoms with Crippen molar-refractivity contribution in [3.63, 3.8) is 0 Å². The Morgan fingerprint density at radius 3 is 2.39 bits per heavy atom. The van der Waals surface area contributed by atoms with Crippen LogP contribution in [0, 0.1) is 0 Å². The Balaban J connectivity index is 0.000000555. The van der Waals surface area contributed by atoms with Gasteiger partial charge in [-0.3, -0.25) is 14.9 Å². The summed E-state index contributed by atoms with van der Waals surface area (Å²) < 4.78 is 5.31. The van der Waals surface area contributed by atoms with Crippen molar-refractivity contribution in [2.75, 3.05) is 5.32 Å². The minimum atomic E-state index is -0.745. The first-order valence-electron chi connectivity index (χ1n) is 10.5. The van der Waals surface area contributed by atoms with Gasteiger partial charge in [0.05, 0.1) is 0 Å². The van der Waals surface area contributed by atoms with Gasteiger partial charge < -0.3 is 19.8 Å². The number of aliphatic carboxylic acids is 1. The number of carboxylic acids is 1. The normalized spacial score (nSPS) is 11.0. The predicted molar refractivity (Wildman–Crippen MR) is 130 cm³/mol. The summed E-state index contributed by atoms with van der Waals surface area (Å²) in [4.78, 5) is 39.4.